The summed E-state index contributed by atoms with van der Waals surface area (Å²) in [4.78, 5) is 0. The SMILES string of the molecule is COc1ccc(C(c2ccc(OC)cc2)C(CO)c2cccc(OC)c2)cc1. The van der Waals surface area contributed by atoms with E-state index in [9.17, 15) is 5.11 Å². The summed E-state index contributed by atoms with van der Waals surface area (Å²) in [5.74, 6) is 2.23. The van der Waals surface area contributed by atoms with E-state index in [2.05, 4.69) is 24.3 Å². The summed E-state index contributed by atoms with van der Waals surface area (Å²) in [5, 5.41) is 10.3. The molecule has 146 valence electrons. The summed E-state index contributed by atoms with van der Waals surface area (Å²) in [6.07, 6.45) is 0. The van der Waals surface area contributed by atoms with Gasteiger partial charge in [-0.05, 0) is 53.1 Å². The Bertz CT molecular complexity index is 824. The third-order valence-corrected chi connectivity index (χ3v) is 5.07. The van der Waals surface area contributed by atoms with Crippen molar-refractivity contribution in [3.63, 3.8) is 0 Å². The molecule has 0 fully saturated rings. The lowest BCUT2D eigenvalue weighted by atomic mass is 9.77. The third-order valence-electron chi connectivity index (χ3n) is 5.07. The molecule has 1 atom stereocenters. The van der Waals surface area contributed by atoms with Crippen LogP contribution in [0.4, 0.5) is 0 Å². The molecule has 0 aromatic heterocycles. The van der Waals surface area contributed by atoms with Gasteiger partial charge in [-0.25, -0.2) is 0 Å². The van der Waals surface area contributed by atoms with Crippen LogP contribution in [-0.4, -0.2) is 33.0 Å². The lowest BCUT2D eigenvalue weighted by Gasteiger charge is -2.28. The van der Waals surface area contributed by atoms with Gasteiger partial charge in [-0.15, -0.1) is 0 Å². The second kappa shape index (κ2) is 9.29. The smallest absolute Gasteiger partial charge is 0.119 e. The van der Waals surface area contributed by atoms with Crippen LogP contribution in [0.5, 0.6) is 17.2 Å². The number of ether oxygens (including phenoxy) is 3. The molecule has 0 saturated heterocycles. The van der Waals surface area contributed by atoms with Crippen LogP contribution >= 0.6 is 0 Å². The van der Waals surface area contributed by atoms with Crippen molar-refractivity contribution in [3.05, 3.63) is 89.5 Å². The molecule has 28 heavy (non-hydrogen) atoms. The predicted molar refractivity (Wildman–Crippen MR) is 111 cm³/mol. The van der Waals surface area contributed by atoms with Crippen molar-refractivity contribution in [2.45, 2.75) is 11.8 Å². The molecule has 0 radical (unpaired) electrons. The average molecular weight is 378 g/mol. The molecule has 0 bridgehead atoms. The highest BCUT2D eigenvalue weighted by Gasteiger charge is 2.26. The zero-order chi connectivity index (χ0) is 19.9. The summed E-state index contributed by atoms with van der Waals surface area (Å²) in [5.41, 5.74) is 3.24. The average Bonchev–Trinajstić information content (AvgIpc) is 2.77. The first-order valence-corrected chi connectivity index (χ1v) is 9.23. The Morgan fingerprint density at radius 2 is 1.14 bits per heavy atom. The molecule has 0 aliphatic rings. The van der Waals surface area contributed by atoms with Crippen LogP contribution in [0.1, 0.15) is 28.5 Å². The van der Waals surface area contributed by atoms with Crippen LogP contribution in [-0.2, 0) is 0 Å². The Morgan fingerprint density at radius 1 is 0.643 bits per heavy atom. The fourth-order valence-corrected chi connectivity index (χ4v) is 3.55. The predicted octanol–water partition coefficient (Wildman–Crippen LogP) is 4.62. The van der Waals surface area contributed by atoms with E-state index in [-0.39, 0.29) is 18.4 Å². The molecule has 1 unspecified atom stereocenters. The molecule has 1 N–H and O–H groups in total. The molecule has 0 aliphatic carbocycles. The van der Waals surface area contributed by atoms with Crippen LogP contribution in [0.15, 0.2) is 72.8 Å². The van der Waals surface area contributed by atoms with Gasteiger partial charge in [0.1, 0.15) is 17.2 Å². The van der Waals surface area contributed by atoms with Crippen molar-refractivity contribution in [1.82, 2.24) is 0 Å². The first-order chi connectivity index (χ1) is 13.7. The van der Waals surface area contributed by atoms with Crippen LogP contribution in [0.25, 0.3) is 0 Å². The molecular weight excluding hydrogens is 352 g/mol. The van der Waals surface area contributed by atoms with Crippen molar-refractivity contribution < 1.29 is 19.3 Å². The molecule has 0 heterocycles. The van der Waals surface area contributed by atoms with Gasteiger partial charge in [-0.2, -0.15) is 0 Å². The fourth-order valence-electron chi connectivity index (χ4n) is 3.55. The number of aliphatic hydroxyl groups is 1. The minimum Gasteiger partial charge on any atom is -0.497 e. The summed E-state index contributed by atoms with van der Waals surface area (Å²) in [6.45, 7) is 0.00981. The summed E-state index contributed by atoms with van der Waals surface area (Å²) in [7, 11) is 4.96. The maximum absolute atomic E-state index is 10.3. The van der Waals surface area contributed by atoms with E-state index in [0.717, 1.165) is 33.9 Å². The van der Waals surface area contributed by atoms with E-state index in [0.29, 0.717) is 0 Å². The second-order valence-corrected chi connectivity index (χ2v) is 6.59. The number of aliphatic hydroxyl groups excluding tert-OH is 1. The molecule has 3 rings (SSSR count). The number of hydrogen-bond donors (Lipinski definition) is 1. The Balaban J connectivity index is 2.08. The third kappa shape index (κ3) is 4.29. The Morgan fingerprint density at radius 3 is 1.57 bits per heavy atom. The zero-order valence-corrected chi connectivity index (χ0v) is 16.5. The van der Waals surface area contributed by atoms with Gasteiger partial charge in [0, 0.05) is 11.8 Å². The minimum absolute atomic E-state index is 0.00981. The fraction of sp³-hybridized carbons (Fsp3) is 0.250. The van der Waals surface area contributed by atoms with Crippen molar-refractivity contribution in [2.24, 2.45) is 0 Å². The minimum atomic E-state index is -0.128. The molecule has 3 aromatic rings. The zero-order valence-electron chi connectivity index (χ0n) is 16.5. The highest BCUT2D eigenvalue weighted by Crippen LogP contribution is 2.40. The maximum Gasteiger partial charge on any atom is 0.119 e. The number of hydrogen-bond acceptors (Lipinski definition) is 4. The van der Waals surface area contributed by atoms with Gasteiger partial charge in [0.25, 0.3) is 0 Å². The molecular formula is C24H26O4. The highest BCUT2D eigenvalue weighted by atomic mass is 16.5. The Kier molecular flexibility index (Phi) is 6.56. The second-order valence-electron chi connectivity index (χ2n) is 6.59. The highest BCUT2D eigenvalue weighted by molar-refractivity contribution is 5.43. The number of benzene rings is 3. The molecule has 4 heteroatoms. The van der Waals surface area contributed by atoms with Crippen LogP contribution in [0.2, 0.25) is 0 Å². The normalized spacial score (nSPS) is 11.9. The molecule has 0 spiro atoms. The van der Waals surface area contributed by atoms with Gasteiger partial charge < -0.3 is 19.3 Å². The first-order valence-electron chi connectivity index (χ1n) is 9.23. The summed E-state index contributed by atoms with van der Waals surface area (Å²) >= 11 is 0. The Hall–Kier alpha value is -2.98. The van der Waals surface area contributed by atoms with E-state index < -0.39 is 0 Å². The van der Waals surface area contributed by atoms with Crippen molar-refractivity contribution in [3.8, 4) is 17.2 Å². The van der Waals surface area contributed by atoms with Crippen molar-refractivity contribution >= 4 is 0 Å². The van der Waals surface area contributed by atoms with Crippen molar-refractivity contribution in [2.75, 3.05) is 27.9 Å². The standard InChI is InChI=1S/C24H26O4/c1-26-20-11-7-17(8-12-20)24(18-9-13-21(27-2)14-10-18)23(16-25)19-5-4-6-22(15-19)28-3/h4-15,23-25H,16H2,1-3H3. The van der Waals surface area contributed by atoms with Crippen molar-refractivity contribution in [1.29, 1.82) is 0 Å². The monoisotopic (exact) mass is 378 g/mol. The van der Waals surface area contributed by atoms with E-state index in [4.69, 9.17) is 14.2 Å². The van der Waals surface area contributed by atoms with Gasteiger partial charge in [0.05, 0.1) is 27.9 Å². The summed E-state index contributed by atoms with van der Waals surface area (Å²) < 4.78 is 16.0. The largest absolute Gasteiger partial charge is 0.497 e. The van der Waals surface area contributed by atoms with Crippen LogP contribution < -0.4 is 14.2 Å². The van der Waals surface area contributed by atoms with E-state index in [1.165, 1.54) is 0 Å². The topological polar surface area (TPSA) is 47.9 Å². The summed E-state index contributed by atoms with van der Waals surface area (Å²) in [6, 6.07) is 23.9. The van der Waals surface area contributed by atoms with E-state index in [1.54, 1.807) is 21.3 Å². The Labute approximate surface area is 166 Å². The number of rotatable bonds is 8. The van der Waals surface area contributed by atoms with E-state index >= 15 is 0 Å². The molecule has 0 saturated carbocycles. The lowest BCUT2D eigenvalue weighted by molar-refractivity contribution is 0.255. The van der Waals surface area contributed by atoms with E-state index in [1.807, 2.05) is 48.5 Å². The van der Waals surface area contributed by atoms with Gasteiger partial charge in [0.15, 0.2) is 0 Å². The van der Waals surface area contributed by atoms with Gasteiger partial charge >= 0.3 is 0 Å². The molecule has 4 nitrogen and oxygen atoms in total. The van der Waals surface area contributed by atoms with Crippen LogP contribution in [0, 0.1) is 0 Å². The molecule has 0 amide bonds. The van der Waals surface area contributed by atoms with Gasteiger partial charge in [-0.1, -0.05) is 36.4 Å². The quantitative estimate of drug-likeness (QED) is 0.621. The first kappa shape index (κ1) is 19.8. The maximum atomic E-state index is 10.3. The number of methoxy groups -OCH3 is 3. The molecule has 3 aromatic carbocycles. The van der Waals surface area contributed by atoms with Gasteiger partial charge in [-0.3, -0.25) is 0 Å². The molecule has 0 aliphatic heterocycles. The lowest BCUT2D eigenvalue weighted by Crippen LogP contribution is -2.17. The van der Waals surface area contributed by atoms with Gasteiger partial charge in [0.2, 0.25) is 0 Å². The van der Waals surface area contributed by atoms with Crippen LogP contribution in [0.3, 0.4) is 0 Å².